The van der Waals surface area contributed by atoms with Crippen LogP contribution >= 0.6 is 22.6 Å². The molecule has 11 heavy (non-hydrogen) atoms. The highest BCUT2D eigenvalue weighted by molar-refractivity contribution is 14.1. The minimum absolute atomic E-state index is 0.359. The van der Waals surface area contributed by atoms with Crippen molar-refractivity contribution in [3.05, 3.63) is 32.9 Å². The molecule has 0 radical (unpaired) electrons. The third-order valence-electron chi connectivity index (χ3n) is 1.61. The van der Waals surface area contributed by atoms with E-state index in [-0.39, 0.29) is 6.10 Å². The van der Waals surface area contributed by atoms with Crippen LogP contribution in [0.25, 0.3) is 0 Å². The molecule has 0 aliphatic rings. The van der Waals surface area contributed by atoms with Gasteiger partial charge >= 0.3 is 0 Å². The molecule has 1 N–H and O–H groups in total. The molecular formula is C9H11IO. The highest BCUT2D eigenvalue weighted by Gasteiger charge is 2.04. The van der Waals surface area contributed by atoms with Crippen molar-refractivity contribution in [2.45, 2.75) is 20.0 Å². The van der Waals surface area contributed by atoms with Crippen LogP contribution in [-0.4, -0.2) is 5.11 Å². The number of aryl methyl sites for hydroxylation is 1. The third kappa shape index (κ3) is 2.17. The summed E-state index contributed by atoms with van der Waals surface area (Å²) in [7, 11) is 0. The van der Waals surface area contributed by atoms with Gasteiger partial charge in [0.2, 0.25) is 0 Å². The van der Waals surface area contributed by atoms with Crippen LogP contribution < -0.4 is 0 Å². The maximum atomic E-state index is 9.29. The van der Waals surface area contributed by atoms with E-state index < -0.39 is 0 Å². The smallest absolute Gasteiger partial charge is 0.0772 e. The molecule has 0 heterocycles. The lowest BCUT2D eigenvalue weighted by Gasteiger charge is -2.07. The molecule has 0 bridgehead atoms. The van der Waals surface area contributed by atoms with E-state index >= 15 is 0 Å². The summed E-state index contributed by atoms with van der Waals surface area (Å²) in [6.45, 7) is 3.83. The number of hydrogen-bond acceptors (Lipinski definition) is 1. The van der Waals surface area contributed by atoms with Gasteiger partial charge in [0.05, 0.1) is 6.10 Å². The van der Waals surface area contributed by atoms with Gasteiger partial charge in [0, 0.05) is 3.57 Å². The standard InChI is InChI=1S/C9H11IO/c1-6-3-4-8(7(2)11)9(10)5-6/h3-5,7,11H,1-2H3. The predicted molar refractivity (Wildman–Crippen MR) is 54.5 cm³/mol. The first-order valence-corrected chi connectivity index (χ1v) is 4.63. The molecule has 0 aliphatic carbocycles. The maximum absolute atomic E-state index is 9.29. The number of hydrogen-bond donors (Lipinski definition) is 1. The van der Waals surface area contributed by atoms with Crippen LogP contribution in [-0.2, 0) is 0 Å². The largest absolute Gasteiger partial charge is 0.389 e. The van der Waals surface area contributed by atoms with E-state index in [1.54, 1.807) is 6.92 Å². The first-order chi connectivity index (χ1) is 5.11. The molecule has 1 aromatic rings. The molecule has 0 fully saturated rings. The molecule has 0 amide bonds. The van der Waals surface area contributed by atoms with Gasteiger partial charge in [0.1, 0.15) is 0 Å². The van der Waals surface area contributed by atoms with Crippen LogP contribution in [0.15, 0.2) is 18.2 Å². The molecule has 60 valence electrons. The summed E-state index contributed by atoms with van der Waals surface area (Å²) >= 11 is 2.24. The average molecular weight is 262 g/mol. The zero-order valence-electron chi connectivity index (χ0n) is 6.63. The Morgan fingerprint density at radius 1 is 1.45 bits per heavy atom. The summed E-state index contributed by atoms with van der Waals surface area (Å²) in [5.74, 6) is 0. The first kappa shape index (κ1) is 9.00. The Labute approximate surface area is 80.6 Å². The fourth-order valence-electron chi connectivity index (χ4n) is 0.971. The van der Waals surface area contributed by atoms with E-state index in [9.17, 15) is 5.11 Å². The van der Waals surface area contributed by atoms with Crippen LogP contribution in [0, 0.1) is 10.5 Å². The number of aliphatic hydroxyl groups is 1. The summed E-state index contributed by atoms with van der Waals surface area (Å²) < 4.78 is 1.14. The zero-order valence-corrected chi connectivity index (χ0v) is 8.79. The van der Waals surface area contributed by atoms with Gasteiger partial charge in [-0.1, -0.05) is 17.7 Å². The number of aliphatic hydroxyl groups excluding tert-OH is 1. The normalized spacial score (nSPS) is 13.1. The van der Waals surface area contributed by atoms with Crippen molar-refractivity contribution in [2.24, 2.45) is 0 Å². The van der Waals surface area contributed by atoms with E-state index in [1.165, 1.54) is 5.56 Å². The van der Waals surface area contributed by atoms with Crippen LogP contribution in [0.2, 0.25) is 0 Å². The highest BCUT2D eigenvalue weighted by atomic mass is 127. The molecule has 1 aromatic carbocycles. The Bertz CT molecular complexity index is 256. The summed E-state index contributed by atoms with van der Waals surface area (Å²) in [6, 6.07) is 6.06. The molecule has 2 heteroatoms. The highest BCUT2D eigenvalue weighted by Crippen LogP contribution is 2.20. The van der Waals surface area contributed by atoms with Gasteiger partial charge in [-0.25, -0.2) is 0 Å². The van der Waals surface area contributed by atoms with Crippen LogP contribution in [0.5, 0.6) is 0 Å². The summed E-state index contributed by atoms with van der Waals surface area (Å²) in [4.78, 5) is 0. The second-order valence-electron chi connectivity index (χ2n) is 2.70. The molecule has 0 saturated heterocycles. The second kappa shape index (κ2) is 3.54. The van der Waals surface area contributed by atoms with Gasteiger partial charge in [-0.3, -0.25) is 0 Å². The van der Waals surface area contributed by atoms with Gasteiger partial charge in [-0.15, -0.1) is 0 Å². The Kier molecular flexibility index (Phi) is 2.90. The van der Waals surface area contributed by atoms with Crippen molar-refractivity contribution >= 4 is 22.6 Å². The van der Waals surface area contributed by atoms with Gasteiger partial charge < -0.3 is 5.11 Å². The van der Waals surface area contributed by atoms with Gasteiger partial charge in [-0.2, -0.15) is 0 Å². The fourth-order valence-corrected chi connectivity index (χ4v) is 2.09. The van der Waals surface area contributed by atoms with Crippen LogP contribution in [0.3, 0.4) is 0 Å². The van der Waals surface area contributed by atoms with Gasteiger partial charge in [-0.05, 0) is 48.1 Å². The van der Waals surface area contributed by atoms with Crippen molar-refractivity contribution in [2.75, 3.05) is 0 Å². The number of benzene rings is 1. The molecule has 1 nitrogen and oxygen atoms in total. The number of halogens is 1. The van der Waals surface area contributed by atoms with E-state index in [0.29, 0.717) is 0 Å². The van der Waals surface area contributed by atoms with Crippen LogP contribution in [0.1, 0.15) is 24.2 Å². The molecule has 0 aliphatic heterocycles. The maximum Gasteiger partial charge on any atom is 0.0772 e. The minimum atomic E-state index is -0.359. The Balaban J connectivity index is 3.09. The average Bonchev–Trinajstić information content (AvgIpc) is 1.85. The molecule has 1 unspecified atom stereocenters. The zero-order chi connectivity index (χ0) is 8.43. The Morgan fingerprint density at radius 3 is 2.55 bits per heavy atom. The van der Waals surface area contributed by atoms with E-state index in [4.69, 9.17) is 0 Å². The molecule has 1 atom stereocenters. The van der Waals surface area contributed by atoms with Crippen molar-refractivity contribution in [3.8, 4) is 0 Å². The monoisotopic (exact) mass is 262 g/mol. The molecule has 0 aromatic heterocycles. The SMILES string of the molecule is Cc1ccc(C(C)O)c(I)c1. The summed E-state index contributed by atoms with van der Waals surface area (Å²) in [6.07, 6.45) is -0.359. The molecule has 1 rings (SSSR count). The van der Waals surface area contributed by atoms with E-state index in [1.807, 2.05) is 19.1 Å². The fraction of sp³-hybridized carbons (Fsp3) is 0.333. The lowest BCUT2D eigenvalue weighted by atomic mass is 10.1. The van der Waals surface area contributed by atoms with Gasteiger partial charge in [0.15, 0.2) is 0 Å². The molecule has 0 saturated carbocycles. The van der Waals surface area contributed by atoms with Crippen molar-refractivity contribution in [3.63, 3.8) is 0 Å². The van der Waals surface area contributed by atoms with Crippen molar-refractivity contribution in [1.82, 2.24) is 0 Å². The molecular weight excluding hydrogens is 251 g/mol. The first-order valence-electron chi connectivity index (χ1n) is 3.55. The van der Waals surface area contributed by atoms with E-state index in [2.05, 4.69) is 28.7 Å². The Morgan fingerprint density at radius 2 is 2.09 bits per heavy atom. The van der Waals surface area contributed by atoms with Crippen LogP contribution in [0.4, 0.5) is 0 Å². The lowest BCUT2D eigenvalue weighted by molar-refractivity contribution is 0.198. The molecule has 0 spiro atoms. The Hall–Kier alpha value is -0.0900. The number of rotatable bonds is 1. The lowest BCUT2D eigenvalue weighted by Crippen LogP contribution is -1.94. The van der Waals surface area contributed by atoms with Crippen molar-refractivity contribution < 1.29 is 5.11 Å². The van der Waals surface area contributed by atoms with Crippen molar-refractivity contribution in [1.29, 1.82) is 0 Å². The minimum Gasteiger partial charge on any atom is -0.389 e. The van der Waals surface area contributed by atoms with Gasteiger partial charge in [0.25, 0.3) is 0 Å². The summed E-state index contributed by atoms with van der Waals surface area (Å²) in [5.41, 5.74) is 2.25. The third-order valence-corrected chi connectivity index (χ3v) is 2.54. The predicted octanol–water partition coefficient (Wildman–Crippen LogP) is 2.65. The summed E-state index contributed by atoms with van der Waals surface area (Å²) in [5, 5.41) is 9.29. The second-order valence-corrected chi connectivity index (χ2v) is 3.86. The topological polar surface area (TPSA) is 20.2 Å². The quantitative estimate of drug-likeness (QED) is 0.771. The van der Waals surface area contributed by atoms with E-state index in [0.717, 1.165) is 9.13 Å².